The second-order valence-electron chi connectivity index (χ2n) is 4.24. The summed E-state index contributed by atoms with van der Waals surface area (Å²) in [5.41, 5.74) is 1.16. The molecule has 0 atom stereocenters. The van der Waals surface area contributed by atoms with E-state index in [2.05, 4.69) is 20.9 Å². The molecule has 0 radical (unpaired) electrons. The van der Waals surface area contributed by atoms with Gasteiger partial charge in [0.1, 0.15) is 0 Å². The summed E-state index contributed by atoms with van der Waals surface area (Å²) < 4.78 is 25.0. The van der Waals surface area contributed by atoms with Gasteiger partial charge >= 0.3 is 0 Å². The van der Waals surface area contributed by atoms with E-state index in [1.54, 1.807) is 30.5 Å². The lowest BCUT2D eigenvalue weighted by molar-refractivity contribution is 0.0572. The van der Waals surface area contributed by atoms with Crippen LogP contribution in [0.25, 0.3) is 10.9 Å². The van der Waals surface area contributed by atoms with E-state index in [0.29, 0.717) is 10.9 Å². The SMILES string of the molecule is O=C(c1ccc2ncccc2c1)N(CCBr)CC(F)F. The fourth-order valence-electron chi connectivity index (χ4n) is 1.94. The molecule has 1 heterocycles. The first-order valence-electron chi connectivity index (χ1n) is 6.10. The van der Waals surface area contributed by atoms with E-state index >= 15 is 0 Å². The molecule has 0 N–H and O–H groups in total. The summed E-state index contributed by atoms with van der Waals surface area (Å²) in [5.74, 6) is -0.393. The van der Waals surface area contributed by atoms with Crippen LogP contribution in [0.15, 0.2) is 36.5 Å². The highest BCUT2D eigenvalue weighted by atomic mass is 79.9. The number of pyridine rings is 1. The lowest BCUT2D eigenvalue weighted by atomic mass is 10.1. The van der Waals surface area contributed by atoms with Crippen molar-refractivity contribution in [3.8, 4) is 0 Å². The number of hydrogen-bond donors (Lipinski definition) is 0. The molecule has 1 amide bonds. The summed E-state index contributed by atoms with van der Waals surface area (Å²) in [4.78, 5) is 17.6. The van der Waals surface area contributed by atoms with Gasteiger partial charge in [0.15, 0.2) is 0 Å². The molecule has 0 aliphatic heterocycles. The smallest absolute Gasteiger partial charge is 0.255 e. The predicted molar refractivity (Wildman–Crippen MR) is 77.4 cm³/mol. The summed E-state index contributed by atoms with van der Waals surface area (Å²) >= 11 is 3.17. The van der Waals surface area contributed by atoms with Crippen LogP contribution in [0, 0.1) is 0 Å². The van der Waals surface area contributed by atoms with Crippen molar-refractivity contribution in [3.05, 3.63) is 42.1 Å². The second-order valence-corrected chi connectivity index (χ2v) is 5.04. The Kier molecular flexibility index (Phi) is 5.00. The molecular weight excluding hydrogens is 330 g/mol. The normalized spacial score (nSPS) is 11.0. The van der Waals surface area contributed by atoms with E-state index in [0.717, 1.165) is 15.8 Å². The van der Waals surface area contributed by atoms with Crippen molar-refractivity contribution >= 4 is 32.7 Å². The minimum atomic E-state index is -2.54. The number of halogens is 3. The molecule has 20 heavy (non-hydrogen) atoms. The van der Waals surface area contributed by atoms with Gasteiger partial charge in [-0.05, 0) is 24.3 Å². The van der Waals surface area contributed by atoms with Gasteiger partial charge in [-0.15, -0.1) is 0 Å². The summed E-state index contributed by atoms with van der Waals surface area (Å²) in [6, 6.07) is 8.62. The van der Waals surface area contributed by atoms with Crippen molar-refractivity contribution in [2.75, 3.05) is 18.4 Å². The summed E-state index contributed by atoms with van der Waals surface area (Å²) in [6.07, 6.45) is -0.877. The number of benzene rings is 1. The number of carbonyl (C=O) groups is 1. The van der Waals surface area contributed by atoms with E-state index in [4.69, 9.17) is 0 Å². The molecule has 0 aliphatic rings. The highest BCUT2D eigenvalue weighted by molar-refractivity contribution is 9.09. The van der Waals surface area contributed by atoms with Crippen molar-refractivity contribution < 1.29 is 13.6 Å². The maximum absolute atomic E-state index is 12.5. The van der Waals surface area contributed by atoms with Crippen LogP contribution in [-0.2, 0) is 0 Å². The Morgan fingerprint density at radius 3 is 2.85 bits per heavy atom. The van der Waals surface area contributed by atoms with E-state index in [1.807, 2.05) is 6.07 Å². The molecule has 0 fully saturated rings. The third-order valence-electron chi connectivity index (χ3n) is 2.85. The maximum atomic E-state index is 12.5. The van der Waals surface area contributed by atoms with Crippen LogP contribution in [0.3, 0.4) is 0 Å². The largest absolute Gasteiger partial charge is 0.332 e. The van der Waals surface area contributed by atoms with Gasteiger partial charge in [-0.2, -0.15) is 0 Å². The molecule has 0 aliphatic carbocycles. The van der Waals surface area contributed by atoms with Gasteiger partial charge in [0.25, 0.3) is 12.3 Å². The fourth-order valence-corrected chi connectivity index (χ4v) is 2.36. The van der Waals surface area contributed by atoms with Crippen LogP contribution in [-0.4, -0.2) is 40.6 Å². The highest BCUT2D eigenvalue weighted by Gasteiger charge is 2.19. The Morgan fingerprint density at radius 2 is 2.15 bits per heavy atom. The standard InChI is InChI=1S/C14H13BrF2N2O/c15-5-7-19(9-13(16)17)14(20)11-3-4-12-10(8-11)2-1-6-18-12/h1-4,6,8,13H,5,7,9H2. The van der Waals surface area contributed by atoms with Gasteiger partial charge in [0, 0.05) is 29.0 Å². The molecule has 0 spiro atoms. The molecule has 0 saturated heterocycles. The lowest BCUT2D eigenvalue weighted by Gasteiger charge is -2.21. The number of aromatic nitrogens is 1. The van der Waals surface area contributed by atoms with Crippen molar-refractivity contribution in [1.82, 2.24) is 9.88 Å². The Morgan fingerprint density at radius 1 is 1.35 bits per heavy atom. The Balaban J connectivity index is 2.28. The average Bonchev–Trinajstić information content (AvgIpc) is 2.45. The zero-order valence-electron chi connectivity index (χ0n) is 10.6. The van der Waals surface area contributed by atoms with Crippen molar-refractivity contribution in [2.45, 2.75) is 6.43 Å². The van der Waals surface area contributed by atoms with Crippen molar-refractivity contribution in [1.29, 1.82) is 0 Å². The minimum Gasteiger partial charge on any atom is -0.332 e. The number of amides is 1. The summed E-state index contributed by atoms with van der Waals surface area (Å²) in [7, 11) is 0. The van der Waals surface area contributed by atoms with Gasteiger partial charge in [0.2, 0.25) is 0 Å². The molecule has 6 heteroatoms. The van der Waals surface area contributed by atoms with Gasteiger partial charge in [-0.25, -0.2) is 8.78 Å². The van der Waals surface area contributed by atoms with Crippen molar-refractivity contribution in [2.24, 2.45) is 0 Å². The topological polar surface area (TPSA) is 33.2 Å². The first-order valence-corrected chi connectivity index (χ1v) is 7.22. The van der Waals surface area contributed by atoms with Crippen LogP contribution < -0.4 is 0 Å². The lowest BCUT2D eigenvalue weighted by Crippen LogP contribution is -2.36. The third-order valence-corrected chi connectivity index (χ3v) is 3.20. The van der Waals surface area contributed by atoms with E-state index in [9.17, 15) is 13.6 Å². The van der Waals surface area contributed by atoms with Crippen LogP contribution >= 0.6 is 15.9 Å². The number of rotatable bonds is 5. The molecule has 2 rings (SSSR count). The van der Waals surface area contributed by atoms with Crippen LogP contribution in [0.1, 0.15) is 10.4 Å². The average molecular weight is 343 g/mol. The number of carbonyl (C=O) groups excluding carboxylic acids is 1. The van der Waals surface area contributed by atoms with E-state index in [-0.39, 0.29) is 6.54 Å². The van der Waals surface area contributed by atoms with Gasteiger partial charge in [-0.3, -0.25) is 9.78 Å². The first-order chi connectivity index (χ1) is 9.61. The predicted octanol–water partition coefficient (Wildman–Crippen LogP) is 3.34. The van der Waals surface area contributed by atoms with Gasteiger partial charge in [0.05, 0.1) is 12.1 Å². The molecule has 2 aromatic rings. The highest BCUT2D eigenvalue weighted by Crippen LogP contribution is 2.15. The Bertz CT molecular complexity index is 606. The first kappa shape index (κ1) is 14.8. The number of hydrogen-bond acceptors (Lipinski definition) is 2. The van der Waals surface area contributed by atoms with Crippen LogP contribution in [0.5, 0.6) is 0 Å². The quantitative estimate of drug-likeness (QED) is 0.781. The van der Waals surface area contributed by atoms with E-state index in [1.165, 1.54) is 0 Å². The molecule has 0 saturated carbocycles. The maximum Gasteiger partial charge on any atom is 0.255 e. The number of nitrogens with zero attached hydrogens (tertiary/aromatic N) is 2. The molecule has 106 valence electrons. The Hall–Kier alpha value is -1.56. The molecule has 3 nitrogen and oxygen atoms in total. The third kappa shape index (κ3) is 3.50. The summed E-state index contributed by atoms with van der Waals surface area (Å²) in [5, 5.41) is 1.27. The van der Waals surface area contributed by atoms with E-state index < -0.39 is 18.9 Å². The molecular formula is C14H13BrF2N2O. The number of alkyl halides is 3. The minimum absolute atomic E-state index is 0.244. The van der Waals surface area contributed by atoms with Crippen molar-refractivity contribution in [3.63, 3.8) is 0 Å². The fraction of sp³-hybridized carbons (Fsp3) is 0.286. The zero-order valence-corrected chi connectivity index (χ0v) is 12.2. The summed E-state index contributed by atoms with van der Waals surface area (Å²) in [6.45, 7) is -0.316. The second kappa shape index (κ2) is 6.74. The molecule has 1 aromatic heterocycles. The zero-order chi connectivity index (χ0) is 14.5. The van der Waals surface area contributed by atoms with Crippen LogP contribution in [0.2, 0.25) is 0 Å². The monoisotopic (exact) mass is 342 g/mol. The molecule has 1 aromatic carbocycles. The van der Waals surface area contributed by atoms with Gasteiger partial charge in [-0.1, -0.05) is 22.0 Å². The van der Waals surface area contributed by atoms with Gasteiger partial charge < -0.3 is 4.90 Å². The molecule has 0 bridgehead atoms. The van der Waals surface area contributed by atoms with Crippen LogP contribution in [0.4, 0.5) is 8.78 Å². The molecule has 0 unspecified atom stereocenters. The Labute approximate surface area is 123 Å². The number of fused-ring (bicyclic) bond motifs is 1.